The van der Waals surface area contributed by atoms with Crippen LogP contribution in [0.25, 0.3) is 22.4 Å². The van der Waals surface area contributed by atoms with E-state index >= 15 is 0 Å². The Bertz CT molecular complexity index is 1140. The number of nitrogens with zero attached hydrogens (tertiary/aromatic N) is 1. The summed E-state index contributed by atoms with van der Waals surface area (Å²) in [6.07, 6.45) is 5.76. The molecule has 0 unspecified atom stereocenters. The highest BCUT2D eigenvalue weighted by molar-refractivity contribution is 6.05. The van der Waals surface area contributed by atoms with Crippen molar-refractivity contribution in [3.05, 3.63) is 54.3 Å². The summed E-state index contributed by atoms with van der Waals surface area (Å²) in [5.41, 5.74) is 1.57. The van der Waals surface area contributed by atoms with Gasteiger partial charge in [-0.15, -0.1) is 0 Å². The second-order valence-electron chi connectivity index (χ2n) is 9.23. The fraction of sp³-hybridized carbons (Fsp3) is 0.423. The quantitative estimate of drug-likeness (QED) is 0.556. The van der Waals surface area contributed by atoms with Crippen LogP contribution < -0.4 is 5.32 Å². The average Bonchev–Trinajstić information content (AvgIpc) is 3.56. The van der Waals surface area contributed by atoms with Crippen LogP contribution in [-0.4, -0.2) is 29.0 Å². The van der Waals surface area contributed by atoms with Crippen molar-refractivity contribution in [1.82, 2.24) is 10.3 Å². The minimum atomic E-state index is -0.887. The van der Waals surface area contributed by atoms with Gasteiger partial charge < -0.3 is 14.5 Å². The lowest BCUT2D eigenvalue weighted by Gasteiger charge is -2.29. The number of hydrogen-bond donors (Lipinski definition) is 1. The van der Waals surface area contributed by atoms with Gasteiger partial charge in [-0.3, -0.25) is 4.79 Å². The number of pyridine rings is 1. The Balaban J connectivity index is 1.31. The Labute approximate surface area is 187 Å². The number of furan rings is 1. The Kier molecular flexibility index (Phi) is 5.45. The van der Waals surface area contributed by atoms with E-state index in [2.05, 4.69) is 17.2 Å². The number of rotatable bonds is 6. The summed E-state index contributed by atoms with van der Waals surface area (Å²) < 4.78 is 11.1. The number of carbonyl (C=O) groups is 2. The Hall–Kier alpha value is -3.15. The molecule has 2 aliphatic rings. The number of ether oxygens (including phenoxy) is 1. The van der Waals surface area contributed by atoms with Crippen LogP contribution in [0.4, 0.5) is 0 Å². The number of hydrogen-bond acceptors (Lipinski definition) is 5. The van der Waals surface area contributed by atoms with E-state index in [9.17, 15) is 9.59 Å². The number of nitrogens with one attached hydrogen (secondary N) is 1. The van der Waals surface area contributed by atoms with Crippen LogP contribution in [0, 0.1) is 17.8 Å². The van der Waals surface area contributed by atoms with Crippen LogP contribution in [0.3, 0.4) is 0 Å². The lowest BCUT2D eigenvalue weighted by molar-refractivity contribution is -0.130. The molecule has 2 aliphatic carbocycles. The molecule has 2 aromatic heterocycles. The summed E-state index contributed by atoms with van der Waals surface area (Å²) in [7, 11) is 0. The highest BCUT2D eigenvalue weighted by Gasteiger charge is 2.42. The van der Waals surface area contributed by atoms with Crippen molar-refractivity contribution >= 4 is 22.8 Å². The summed E-state index contributed by atoms with van der Waals surface area (Å²) in [6, 6.07) is 12.7. The normalized spacial score (nSPS) is 23.8. The molecule has 2 saturated carbocycles. The number of amides is 1. The number of benzene rings is 1. The fourth-order valence-corrected chi connectivity index (χ4v) is 5.53. The first-order chi connectivity index (χ1) is 15.5. The zero-order valence-electron chi connectivity index (χ0n) is 18.4. The van der Waals surface area contributed by atoms with Gasteiger partial charge in [0.25, 0.3) is 5.91 Å². The SMILES string of the molecule is C[C@H](OC(=O)c1cc(-c2ccco2)nc2ccccc12)C(=O)N[C@H](C)[C@@H]1C[C@H]2CC[C@H]1C2. The second kappa shape index (κ2) is 8.41. The molecule has 3 aromatic rings. The van der Waals surface area contributed by atoms with Crippen molar-refractivity contribution in [2.24, 2.45) is 17.8 Å². The zero-order valence-corrected chi connectivity index (χ0v) is 18.4. The van der Waals surface area contributed by atoms with Crippen LogP contribution in [-0.2, 0) is 9.53 Å². The van der Waals surface area contributed by atoms with Crippen LogP contribution in [0.1, 0.15) is 49.9 Å². The van der Waals surface area contributed by atoms with Gasteiger partial charge in [0.15, 0.2) is 11.9 Å². The highest BCUT2D eigenvalue weighted by atomic mass is 16.5. The molecule has 5 atom stereocenters. The van der Waals surface area contributed by atoms with Gasteiger partial charge in [-0.2, -0.15) is 0 Å². The molecule has 32 heavy (non-hydrogen) atoms. The molecule has 1 aromatic carbocycles. The molecular formula is C26H28N2O4. The smallest absolute Gasteiger partial charge is 0.339 e. The van der Waals surface area contributed by atoms with Gasteiger partial charge >= 0.3 is 5.97 Å². The van der Waals surface area contributed by atoms with Crippen LogP contribution in [0.5, 0.6) is 0 Å². The molecule has 0 aliphatic heterocycles. The topological polar surface area (TPSA) is 81.4 Å². The minimum Gasteiger partial charge on any atom is -0.463 e. The van der Waals surface area contributed by atoms with Crippen molar-refractivity contribution in [3.8, 4) is 11.5 Å². The molecule has 166 valence electrons. The van der Waals surface area contributed by atoms with Gasteiger partial charge in [0.05, 0.1) is 17.3 Å². The Morgan fingerprint density at radius 3 is 2.69 bits per heavy atom. The fourth-order valence-electron chi connectivity index (χ4n) is 5.53. The monoisotopic (exact) mass is 432 g/mol. The van der Waals surface area contributed by atoms with E-state index < -0.39 is 12.1 Å². The molecular weight excluding hydrogens is 404 g/mol. The van der Waals surface area contributed by atoms with Gasteiger partial charge in [0.1, 0.15) is 5.69 Å². The molecule has 2 fully saturated rings. The van der Waals surface area contributed by atoms with E-state index in [1.165, 1.54) is 25.7 Å². The molecule has 1 amide bonds. The van der Waals surface area contributed by atoms with Crippen molar-refractivity contribution in [1.29, 1.82) is 0 Å². The maximum atomic E-state index is 13.1. The van der Waals surface area contributed by atoms with E-state index in [1.54, 1.807) is 31.4 Å². The summed E-state index contributed by atoms with van der Waals surface area (Å²) in [5, 5.41) is 3.77. The number of carbonyl (C=O) groups excluding carboxylic acids is 2. The molecule has 1 N–H and O–H groups in total. The van der Waals surface area contributed by atoms with Crippen molar-refractivity contribution < 1.29 is 18.7 Å². The number of aromatic nitrogens is 1. The molecule has 2 heterocycles. The first-order valence-electron chi connectivity index (χ1n) is 11.4. The van der Waals surface area contributed by atoms with Crippen molar-refractivity contribution in [3.63, 3.8) is 0 Å². The summed E-state index contributed by atoms with van der Waals surface area (Å²) in [4.78, 5) is 30.5. The van der Waals surface area contributed by atoms with Gasteiger partial charge in [0, 0.05) is 11.4 Å². The molecule has 2 bridgehead atoms. The predicted octanol–water partition coefficient (Wildman–Crippen LogP) is 4.98. The van der Waals surface area contributed by atoms with E-state index in [0.29, 0.717) is 33.8 Å². The first kappa shape index (κ1) is 20.7. The highest BCUT2D eigenvalue weighted by Crippen LogP contribution is 2.49. The number of fused-ring (bicyclic) bond motifs is 3. The molecule has 5 rings (SSSR count). The molecule has 0 spiro atoms. The first-order valence-corrected chi connectivity index (χ1v) is 11.4. The maximum absolute atomic E-state index is 13.1. The minimum absolute atomic E-state index is 0.0891. The summed E-state index contributed by atoms with van der Waals surface area (Å²) in [6.45, 7) is 3.70. The Morgan fingerprint density at radius 1 is 1.12 bits per heavy atom. The van der Waals surface area contributed by atoms with E-state index in [0.717, 1.165) is 11.8 Å². The van der Waals surface area contributed by atoms with Gasteiger partial charge in [0.2, 0.25) is 0 Å². The van der Waals surface area contributed by atoms with Gasteiger partial charge in [-0.25, -0.2) is 9.78 Å². The molecule has 6 nitrogen and oxygen atoms in total. The van der Waals surface area contributed by atoms with E-state index in [1.807, 2.05) is 24.3 Å². The Morgan fingerprint density at radius 2 is 1.97 bits per heavy atom. The number of para-hydroxylation sites is 1. The molecule has 6 heteroatoms. The van der Waals surface area contributed by atoms with Crippen molar-refractivity contribution in [2.45, 2.75) is 51.7 Å². The lowest BCUT2D eigenvalue weighted by atomic mass is 9.84. The van der Waals surface area contributed by atoms with Crippen LogP contribution in [0.15, 0.2) is 53.1 Å². The van der Waals surface area contributed by atoms with Crippen LogP contribution >= 0.6 is 0 Å². The predicted molar refractivity (Wildman–Crippen MR) is 121 cm³/mol. The third-order valence-electron chi connectivity index (χ3n) is 7.17. The van der Waals surface area contributed by atoms with Crippen LogP contribution in [0.2, 0.25) is 0 Å². The third kappa shape index (κ3) is 3.90. The molecule has 0 saturated heterocycles. The summed E-state index contributed by atoms with van der Waals surface area (Å²) in [5.74, 6) is 1.83. The van der Waals surface area contributed by atoms with Gasteiger partial charge in [-0.1, -0.05) is 24.6 Å². The van der Waals surface area contributed by atoms with Gasteiger partial charge in [-0.05, 0) is 75.1 Å². The number of esters is 1. The largest absolute Gasteiger partial charge is 0.463 e. The summed E-state index contributed by atoms with van der Waals surface area (Å²) >= 11 is 0. The average molecular weight is 433 g/mol. The van der Waals surface area contributed by atoms with E-state index in [4.69, 9.17) is 9.15 Å². The van der Waals surface area contributed by atoms with E-state index in [-0.39, 0.29) is 11.9 Å². The lowest BCUT2D eigenvalue weighted by Crippen LogP contribution is -2.45. The van der Waals surface area contributed by atoms with Crippen molar-refractivity contribution in [2.75, 3.05) is 0 Å². The molecule has 0 radical (unpaired) electrons. The standard InChI is InChI=1S/C26H28N2O4/c1-15(20-13-17-9-10-18(20)12-17)27-25(29)16(2)32-26(30)21-14-23(24-8-5-11-31-24)28-22-7-4-3-6-19(21)22/h3-8,11,14-18,20H,9-10,12-13H2,1-2H3,(H,27,29)/t15-,16+,17+,18+,20+/m1/s1. The second-order valence-corrected chi connectivity index (χ2v) is 9.23. The maximum Gasteiger partial charge on any atom is 0.339 e. The zero-order chi connectivity index (χ0) is 22.2. The third-order valence-corrected chi connectivity index (χ3v) is 7.17.